The number of anilines is 1. The fourth-order valence-electron chi connectivity index (χ4n) is 2.92. The molecule has 4 rings (SSSR count). The Morgan fingerprint density at radius 2 is 2.14 bits per heavy atom. The molecule has 3 heterocycles. The number of ether oxygens (including phenoxy) is 1. The van der Waals surface area contributed by atoms with Crippen molar-refractivity contribution in [3.8, 4) is 22.6 Å². The Balaban J connectivity index is 1.57. The minimum atomic E-state index is -0.800. The third-order valence-electron chi connectivity index (χ3n) is 4.45. The van der Waals surface area contributed by atoms with Gasteiger partial charge in [0, 0.05) is 17.3 Å². The Hall–Kier alpha value is -3.40. The van der Waals surface area contributed by atoms with Crippen LogP contribution in [0.5, 0.6) is 0 Å². The van der Waals surface area contributed by atoms with Crippen LogP contribution < -0.4 is 4.90 Å². The lowest BCUT2D eigenvalue weighted by Crippen LogP contribution is -2.29. The molecule has 1 saturated heterocycles. The van der Waals surface area contributed by atoms with E-state index in [0.29, 0.717) is 28.3 Å². The minimum absolute atomic E-state index is 0.163. The number of carbonyl (C=O) groups excluding carboxylic acids is 1. The maximum Gasteiger partial charge on any atom is 0.414 e. The van der Waals surface area contributed by atoms with Crippen LogP contribution in [0.15, 0.2) is 36.5 Å². The van der Waals surface area contributed by atoms with E-state index in [1.807, 2.05) is 0 Å². The number of aromatic nitrogens is 5. The number of hydrogen-bond acceptors (Lipinski definition) is 7. The smallest absolute Gasteiger partial charge is 0.414 e. The summed E-state index contributed by atoms with van der Waals surface area (Å²) < 4.78 is 19.8. The Bertz CT molecular complexity index is 1020. The number of carbonyl (C=O) groups is 1. The zero-order chi connectivity index (χ0) is 19.8. The van der Waals surface area contributed by atoms with Gasteiger partial charge in [0.1, 0.15) is 17.6 Å². The predicted octanol–water partition coefficient (Wildman–Crippen LogP) is 1.78. The minimum Gasteiger partial charge on any atom is -0.441 e. The zero-order valence-electron chi connectivity index (χ0n) is 15.2. The van der Waals surface area contributed by atoms with Crippen LogP contribution in [-0.2, 0) is 11.8 Å². The van der Waals surface area contributed by atoms with Crippen molar-refractivity contribution in [2.45, 2.75) is 19.1 Å². The molecule has 0 spiro atoms. The van der Waals surface area contributed by atoms with Gasteiger partial charge < -0.3 is 9.84 Å². The molecule has 1 amide bonds. The summed E-state index contributed by atoms with van der Waals surface area (Å²) in [6.07, 6.45) is -0.522. The average Bonchev–Trinajstić information content (AvgIpc) is 3.28. The Morgan fingerprint density at radius 3 is 2.71 bits per heavy atom. The average molecular weight is 384 g/mol. The number of aryl methyl sites for hydroxylation is 1. The van der Waals surface area contributed by atoms with E-state index in [2.05, 4.69) is 20.4 Å². The van der Waals surface area contributed by atoms with E-state index in [-0.39, 0.29) is 6.54 Å². The van der Waals surface area contributed by atoms with E-state index in [1.165, 1.54) is 22.0 Å². The van der Waals surface area contributed by atoms with Gasteiger partial charge in [0.25, 0.3) is 0 Å². The van der Waals surface area contributed by atoms with Gasteiger partial charge >= 0.3 is 6.09 Å². The quantitative estimate of drug-likeness (QED) is 0.731. The highest BCUT2D eigenvalue weighted by Crippen LogP contribution is 2.29. The third-order valence-corrected chi connectivity index (χ3v) is 4.45. The summed E-state index contributed by atoms with van der Waals surface area (Å²) >= 11 is 0. The van der Waals surface area contributed by atoms with E-state index in [1.54, 1.807) is 38.2 Å². The second-order valence-electron chi connectivity index (χ2n) is 6.47. The maximum absolute atomic E-state index is 14.7. The molecular formula is C18H17FN6O3. The monoisotopic (exact) mass is 384 g/mol. The van der Waals surface area contributed by atoms with Gasteiger partial charge in [0.05, 0.1) is 25.4 Å². The number of nitrogens with zero attached hydrogens (tertiary/aromatic N) is 6. The summed E-state index contributed by atoms with van der Waals surface area (Å²) in [5.74, 6) is -0.122. The lowest BCUT2D eigenvalue weighted by Gasteiger charge is -2.15. The number of halogens is 1. The summed E-state index contributed by atoms with van der Waals surface area (Å²) in [6.45, 7) is 1.70. The van der Waals surface area contributed by atoms with Crippen molar-refractivity contribution >= 4 is 11.8 Å². The second kappa shape index (κ2) is 6.97. The number of hydrogen-bond donors (Lipinski definition) is 1. The first-order chi connectivity index (χ1) is 13.4. The molecule has 28 heavy (non-hydrogen) atoms. The molecule has 0 aliphatic carbocycles. The van der Waals surface area contributed by atoms with Gasteiger partial charge in [-0.1, -0.05) is 6.07 Å². The summed E-state index contributed by atoms with van der Waals surface area (Å²) in [6, 6.07) is 7.86. The SMILES string of the molecule is CC(O)[C@@H]1CN(c2ccc(-c3ccc(-c4nnn(C)n4)nc3)c(F)c2)C(=O)O1. The van der Waals surface area contributed by atoms with Crippen LogP contribution in [0.25, 0.3) is 22.6 Å². The molecule has 1 N–H and O–H groups in total. The van der Waals surface area contributed by atoms with Crippen molar-refractivity contribution < 1.29 is 19.0 Å². The molecule has 1 aliphatic rings. The molecule has 0 radical (unpaired) electrons. The number of rotatable bonds is 4. The predicted molar refractivity (Wildman–Crippen MR) is 96.7 cm³/mol. The van der Waals surface area contributed by atoms with Gasteiger partial charge in [-0.05, 0) is 36.4 Å². The largest absolute Gasteiger partial charge is 0.441 e. The molecule has 0 bridgehead atoms. The molecule has 10 heteroatoms. The highest BCUT2D eigenvalue weighted by Gasteiger charge is 2.35. The third kappa shape index (κ3) is 3.29. The number of pyridine rings is 1. The zero-order valence-corrected chi connectivity index (χ0v) is 15.2. The summed E-state index contributed by atoms with van der Waals surface area (Å²) in [5, 5.41) is 21.3. The Kier molecular flexibility index (Phi) is 4.47. The van der Waals surface area contributed by atoms with Gasteiger partial charge in [-0.15, -0.1) is 10.2 Å². The van der Waals surface area contributed by atoms with Gasteiger partial charge in [-0.25, -0.2) is 9.18 Å². The van der Waals surface area contributed by atoms with Crippen molar-refractivity contribution in [1.82, 2.24) is 25.2 Å². The molecule has 2 aromatic heterocycles. The molecule has 1 aliphatic heterocycles. The van der Waals surface area contributed by atoms with Gasteiger partial charge in [0.2, 0.25) is 5.82 Å². The van der Waals surface area contributed by atoms with Crippen LogP contribution in [-0.4, -0.2) is 55.1 Å². The van der Waals surface area contributed by atoms with Crippen molar-refractivity contribution in [2.75, 3.05) is 11.4 Å². The number of tetrazole rings is 1. The number of aliphatic hydroxyl groups is 1. The van der Waals surface area contributed by atoms with Crippen molar-refractivity contribution in [3.05, 3.63) is 42.3 Å². The number of cyclic esters (lactones) is 1. The lowest BCUT2D eigenvalue weighted by atomic mass is 10.1. The lowest BCUT2D eigenvalue weighted by molar-refractivity contribution is 0.0437. The Labute approximate surface area is 159 Å². The van der Waals surface area contributed by atoms with Crippen molar-refractivity contribution in [1.29, 1.82) is 0 Å². The molecule has 3 aromatic rings. The molecule has 0 saturated carbocycles. The van der Waals surface area contributed by atoms with Gasteiger partial charge in [-0.3, -0.25) is 9.88 Å². The van der Waals surface area contributed by atoms with Gasteiger partial charge in [0.15, 0.2) is 0 Å². The number of amides is 1. The topological polar surface area (TPSA) is 106 Å². The second-order valence-corrected chi connectivity index (χ2v) is 6.47. The highest BCUT2D eigenvalue weighted by molar-refractivity contribution is 5.90. The van der Waals surface area contributed by atoms with E-state index in [9.17, 15) is 14.3 Å². The van der Waals surface area contributed by atoms with Crippen LogP contribution in [0, 0.1) is 5.82 Å². The van der Waals surface area contributed by atoms with Crippen LogP contribution >= 0.6 is 0 Å². The molecule has 144 valence electrons. The van der Waals surface area contributed by atoms with Crippen molar-refractivity contribution in [3.63, 3.8) is 0 Å². The first-order valence-electron chi connectivity index (χ1n) is 8.59. The van der Waals surface area contributed by atoms with Crippen LogP contribution in [0.4, 0.5) is 14.9 Å². The molecule has 1 fully saturated rings. The fourth-order valence-corrected chi connectivity index (χ4v) is 2.92. The molecule has 1 unspecified atom stereocenters. The van der Waals surface area contributed by atoms with Crippen LogP contribution in [0.3, 0.4) is 0 Å². The Morgan fingerprint density at radius 1 is 1.32 bits per heavy atom. The van der Waals surface area contributed by atoms with Crippen molar-refractivity contribution in [2.24, 2.45) is 7.05 Å². The number of benzene rings is 1. The standard InChI is InChI=1S/C18H17FN6O3/c1-10(26)16-9-25(18(27)28-16)12-4-5-13(14(19)7-12)11-3-6-15(20-8-11)17-21-23-24(2)22-17/h3-8,10,16,26H,9H2,1-2H3/t10?,16-/m0/s1. The van der Waals surface area contributed by atoms with E-state index in [4.69, 9.17) is 4.74 Å². The maximum atomic E-state index is 14.7. The van der Waals surface area contributed by atoms with E-state index >= 15 is 0 Å². The molecule has 2 atom stereocenters. The van der Waals surface area contributed by atoms with E-state index in [0.717, 1.165) is 0 Å². The summed E-state index contributed by atoms with van der Waals surface area (Å²) in [4.78, 5) is 18.9. The van der Waals surface area contributed by atoms with E-state index < -0.39 is 24.1 Å². The van der Waals surface area contributed by atoms with Gasteiger partial charge in [-0.2, -0.15) is 4.80 Å². The van der Waals surface area contributed by atoms with Crippen LogP contribution in [0.1, 0.15) is 6.92 Å². The first-order valence-corrected chi connectivity index (χ1v) is 8.59. The number of aliphatic hydroxyl groups excluding tert-OH is 1. The van der Waals surface area contributed by atoms with Crippen LogP contribution in [0.2, 0.25) is 0 Å². The normalized spacial score (nSPS) is 17.6. The first kappa shape index (κ1) is 18.0. The molecular weight excluding hydrogens is 367 g/mol. The summed E-state index contributed by atoms with van der Waals surface area (Å²) in [5.41, 5.74) is 1.80. The highest BCUT2D eigenvalue weighted by atomic mass is 19.1. The fraction of sp³-hybridized carbons (Fsp3) is 0.278. The summed E-state index contributed by atoms with van der Waals surface area (Å²) in [7, 11) is 1.65. The molecule has 1 aromatic carbocycles. The molecule has 9 nitrogen and oxygen atoms in total.